The molecule has 0 spiro atoms. The Balaban J connectivity index is 1.71. The number of hydrogen-bond acceptors (Lipinski definition) is 3. The Bertz CT molecular complexity index is 487. The molecule has 0 saturated heterocycles. The van der Waals surface area contributed by atoms with Crippen LogP contribution in [0.25, 0.3) is 0 Å². The van der Waals surface area contributed by atoms with Gasteiger partial charge in [-0.2, -0.15) is 0 Å². The fourth-order valence-corrected chi connectivity index (χ4v) is 2.64. The van der Waals surface area contributed by atoms with Gasteiger partial charge in [0.2, 0.25) is 12.7 Å². The molecule has 1 aromatic carbocycles. The van der Waals surface area contributed by atoms with Crippen LogP contribution in [0.1, 0.15) is 51.5 Å². The van der Waals surface area contributed by atoms with Crippen molar-refractivity contribution in [1.82, 2.24) is 5.32 Å². The van der Waals surface area contributed by atoms with Crippen LogP contribution in [0.15, 0.2) is 18.2 Å². The number of hydrogen-bond donors (Lipinski definition) is 1. The maximum atomic E-state index is 12.0. The van der Waals surface area contributed by atoms with Crippen LogP contribution in [0.4, 0.5) is 0 Å². The summed E-state index contributed by atoms with van der Waals surface area (Å²) in [5.41, 5.74) is 1.11. The Labute approximate surface area is 133 Å². The van der Waals surface area contributed by atoms with Crippen LogP contribution in [-0.4, -0.2) is 19.2 Å². The van der Waals surface area contributed by atoms with Gasteiger partial charge >= 0.3 is 0 Å². The molecule has 1 aliphatic heterocycles. The predicted molar refractivity (Wildman–Crippen MR) is 87.2 cm³/mol. The van der Waals surface area contributed by atoms with E-state index in [9.17, 15) is 4.79 Å². The number of carbonyl (C=O) groups excluding carboxylic acids is 1. The number of nitrogens with one attached hydrogen (secondary N) is 1. The SMILES string of the molecule is CCCC[C@@H](CC)CNC(=O)CCc1ccc2c(c1)OCO2. The van der Waals surface area contributed by atoms with Gasteiger partial charge in [0.1, 0.15) is 0 Å². The molecule has 1 amide bonds. The van der Waals surface area contributed by atoms with Gasteiger partial charge in [0.15, 0.2) is 11.5 Å². The summed E-state index contributed by atoms with van der Waals surface area (Å²) in [5, 5.41) is 3.07. The molecule has 0 aromatic heterocycles. The fraction of sp³-hybridized carbons (Fsp3) is 0.611. The van der Waals surface area contributed by atoms with Crippen LogP contribution in [0.2, 0.25) is 0 Å². The van der Waals surface area contributed by atoms with Crippen molar-refractivity contribution in [1.29, 1.82) is 0 Å². The monoisotopic (exact) mass is 305 g/mol. The number of amides is 1. The molecule has 4 heteroatoms. The van der Waals surface area contributed by atoms with Crippen LogP contribution in [0.5, 0.6) is 11.5 Å². The van der Waals surface area contributed by atoms with Crippen molar-refractivity contribution >= 4 is 5.91 Å². The standard InChI is InChI=1S/C18H27NO3/c1-3-5-6-14(4-2)12-19-18(20)10-8-15-7-9-16-17(11-15)22-13-21-16/h7,9,11,14H,3-6,8,10,12-13H2,1-2H3,(H,19,20)/t14-/m1/s1. The average Bonchev–Trinajstić information content (AvgIpc) is 3.00. The third-order valence-corrected chi connectivity index (χ3v) is 4.21. The minimum atomic E-state index is 0.132. The summed E-state index contributed by atoms with van der Waals surface area (Å²) in [6.45, 7) is 5.49. The first-order chi connectivity index (χ1) is 10.7. The third-order valence-electron chi connectivity index (χ3n) is 4.21. The van der Waals surface area contributed by atoms with Crippen molar-refractivity contribution < 1.29 is 14.3 Å². The number of aryl methyl sites for hydroxylation is 1. The highest BCUT2D eigenvalue weighted by Crippen LogP contribution is 2.32. The lowest BCUT2D eigenvalue weighted by molar-refractivity contribution is -0.121. The third kappa shape index (κ3) is 4.93. The summed E-state index contributed by atoms with van der Waals surface area (Å²) in [6, 6.07) is 5.87. The molecule has 0 saturated carbocycles. The van der Waals surface area contributed by atoms with E-state index in [1.54, 1.807) is 0 Å². The van der Waals surface area contributed by atoms with Crippen molar-refractivity contribution in [2.24, 2.45) is 5.92 Å². The Morgan fingerprint density at radius 3 is 2.86 bits per heavy atom. The molecule has 122 valence electrons. The Kier molecular flexibility index (Phi) is 6.56. The van der Waals surface area contributed by atoms with E-state index in [2.05, 4.69) is 19.2 Å². The summed E-state index contributed by atoms with van der Waals surface area (Å²) >= 11 is 0. The molecule has 1 N–H and O–H groups in total. The number of rotatable bonds is 9. The minimum Gasteiger partial charge on any atom is -0.454 e. The molecule has 1 atom stereocenters. The Hall–Kier alpha value is -1.71. The van der Waals surface area contributed by atoms with Crippen LogP contribution in [0, 0.1) is 5.92 Å². The second-order valence-electron chi connectivity index (χ2n) is 5.91. The molecule has 0 aliphatic carbocycles. The maximum absolute atomic E-state index is 12.0. The van der Waals surface area contributed by atoms with Gasteiger partial charge in [-0.15, -0.1) is 0 Å². The summed E-state index contributed by atoms with van der Waals surface area (Å²) < 4.78 is 10.6. The van der Waals surface area contributed by atoms with E-state index >= 15 is 0 Å². The first kappa shape index (κ1) is 16.7. The molecule has 22 heavy (non-hydrogen) atoms. The zero-order valence-corrected chi connectivity index (χ0v) is 13.7. The van der Waals surface area contributed by atoms with Gasteiger partial charge in [-0.25, -0.2) is 0 Å². The summed E-state index contributed by atoms with van der Waals surface area (Å²) in [4.78, 5) is 12.0. The van der Waals surface area contributed by atoms with E-state index in [4.69, 9.17) is 9.47 Å². The van der Waals surface area contributed by atoms with E-state index in [1.807, 2.05) is 18.2 Å². The molecular weight excluding hydrogens is 278 g/mol. The molecule has 1 aromatic rings. The van der Waals surface area contributed by atoms with Crippen molar-refractivity contribution in [3.8, 4) is 11.5 Å². The number of benzene rings is 1. The van der Waals surface area contributed by atoms with Gasteiger partial charge in [-0.3, -0.25) is 4.79 Å². The highest BCUT2D eigenvalue weighted by molar-refractivity contribution is 5.76. The van der Waals surface area contributed by atoms with Gasteiger partial charge in [0.25, 0.3) is 0 Å². The molecule has 2 rings (SSSR count). The van der Waals surface area contributed by atoms with Crippen molar-refractivity contribution in [2.45, 2.75) is 52.4 Å². The minimum absolute atomic E-state index is 0.132. The molecule has 1 heterocycles. The number of carbonyl (C=O) groups is 1. The van der Waals surface area contributed by atoms with Gasteiger partial charge in [-0.1, -0.05) is 39.2 Å². The van der Waals surface area contributed by atoms with Gasteiger partial charge in [0, 0.05) is 13.0 Å². The molecule has 0 bridgehead atoms. The first-order valence-corrected chi connectivity index (χ1v) is 8.38. The van der Waals surface area contributed by atoms with Crippen LogP contribution in [0.3, 0.4) is 0 Å². The number of fused-ring (bicyclic) bond motifs is 1. The molecule has 0 unspecified atom stereocenters. The van der Waals surface area contributed by atoms with Crippen molar-refractivity contribution in [3.63, 3.8) is 0 Å². The molecule has 1 aliphatic rings. The number of unbranched alkanes of at least 4 members (excludes halogenated alkanes) is 1. The van der Waals surface area contributed by atoms with Crippen molar-refractivity contribution in [3.05, 3.63) is 23.8 Å². The maximum Gasteiger partial charge on any atom is 0.231 e. The molecular formula is C18H27NO3. The zero-order chi connectivity index (χ0) is 15.8. The lowest BCUT2D eigenvalue weighted by Crippen LogP contribution is -2.29. The fourth-order valence-electron chi connectivity index (χ4n) is 2.64. The molecule has 0 radical (unpaired) electrons. The van der Waals surface area contributed by atoms with Crippen LogP contribution < -0.4 is 14.8 Å². The van der Waals surface area contributed by atoms with Gasteiger partial charge in [-0.05, 0) is 36.5 Å². The highest BCUT2D eigenvalue weighted by Gasteiger charge is 2.14. The largest absolute Gasteiger partial charge is 0.454 e. The lowest BCUT2D eigenvalue weighted by atomic mass is 9.99. The van der Waals surface area contributed by atoms with E-state index < -0.39 is 0 Å². The Morgan fingerprint density at radius 1 is 1.27 bits per heavy atom. The van der Waals surface area contributed by atoms with Crippen LogP contribution >= 0.6 is 0 Å². The summed E-state index contributed by atoms with van der Waals surface area (Å²) in [5.74, 6) is 2.31. The summed E-state index contributed by atoms with van der Waals surface area (Å²) in [7, 11) is 0. The second kappa shape index (κ2) is 8.66. The van der Waals surface area contributed by atoms with E-state index in [-0.39, 0.29) is 12.7 Å². The quantitative estimate of drug-likeness (QED) is 0.757. The second-order valence-corrected chi connectivity index (χ2v) is 5.91. The van der Waals surface area contributed by atoms with Crippen molar-refractivity contribution in [2.75, 3.05) is 13.3 Å². The van der Waals surface area contributed by atoms with E-state index in [0.29, 0.717) is 12.3 Å². The highest BCUT2D eigenvalue weighted by atomic mass is 16.7. The van der Waals surface area contributed by atoms with Crippen LogP contribution in [-0.2, 0) is 11.2 Å². The smallest absolute Gasteiger partial charge is 0.231 e. The molecule has 0 fully saturated rings. The van der Waals surface area contributed by atoms with E-state index in [0.717, 1.165) is 36.4 Å². The number of ether oxygens (including phenoxy) is 2. The predicted octanol–water partition coefficient (Wildman–Crippen LogP) is 3.68. The van der Waals surface area contributed by atoms with Gasteiger partial charge in [0.05, 0.1) is 0 Å². The first-order valence-electron chi connectivity index (χ1n) is 8.38. The normalized spacial score (nSPS) is 13.9. The van der Waals surface area contributed by atoms with Gasteiger partial charge < -0.3 is 14.8 Å². The average molecular weight is 305 g/mol. The zero-order valence-electron chi connectivity index (χ0n) is 13.7. The Morgan fingerprint density at radius 2 is 2.09 bits per heavy atom. The lowest BCUT2D eigenvalue weighted by Gasteiger charge is -2.15. The van der Waals surface area contributed by atoms with E-state index in [1.165, 1.54) is 19.3 Å². The molecule has 4 nitrogen and oxygen atoms in total. The summed E-state index contributed by atoms with van der Waals surface area (Å²) in [6.07, 6.45) is 6.04. The topological polar surface area (TPSA) is 47.6 Å².